The van der Waals surface area contributed by atoms with Crippen LogP contribution >= 0.6 is 24.0 Å². The number of hydrogen-bond donors (Lipinski definition) is 2. The molecule has 2 aromatic carbocycles. The van der Waals surface area contributed by atoms with E-state index < -0.39 is 0 Å². The van der Waals surface area contributed by atoms with Gasteiger partial charge in [-0.25, -0.2) is 0 Å². The molecule has 2 aromatic rings. The largest absolute Gasteiger partial charge is 0.497 e. The summed E-state index contributed by atoms with van der Waals surface area (Å²) in [4.78, 5) is 18.7. The van der Waals surface area contributed by atoms with Crippen LogP contribution in [0.2, 0.25) is 0 Å². The highest BCUT2D eigenvalue weighted by molar-refractivity contribution is 14.0. The summed E-state index contributed by atoms with van der Waals surface area (Å²) in [5.41, 5.74) is 3.65. The van der Waals surface area contributed by atoms with Crippen molar-refractivity contribution in [1.29, 1.82) is 0 Å². The number of carbonyl (C=O) groups excluding carboxylic acids is 1. The lowest BCUT2D eigenvalue weighted by atomic mass is 10.00. The number of ether oxygens (including phenoxy) is 1. The van der Waals surface area contributed by atoms with Crippen LogP contribution in [0.1, 0.15) is 17.5 Å². The Balaban J connectivity index is 0.00000320. The molecule has 7 heteroatoms. The predicted molar refractivity (Wildman–Crippen MR) is 132 cm³/mol. The first-order valence-electron chi connectivity index (χ1n) is 9.79. The van der Waals surface area contributed by atoms with Crippen molar-refractivity contribution in [2.24, 2.45) is 4.99 Å². The molecule has 0 aliphatic carbocycles. The second kappa shape index (κ2) is 12.2. The van der Waals surface area contributed by atoms with Crippen molar-refractivity contribution in [1.82, 2.24) is 15.5 Å². The normalized spacial score (nSPS) is 13.7. The van der Waals surface area contributed by atoms with E-state index in [9.17, 15) is 4.79 Å². The van der Waals surface area contributed by atoms with E-state index in [4.69, 9.17) is 4.74 Å². The highest BCUT2D eigenvalue weighted by Crippen LogP contribution is 2.21. The van der Waals surface area contributed by atoms with Crippen molar-refractivity contribution in [2.45, 2.75) is 13.0 Å². The molecule has 0 fully saturated rings. The van der Waals surface area contributed by atoms with Gasteiger partial charge in [-0.1, -0.05) is 48.5 Å². The topological polar surface area (TPSA) is 66.0 Å². The van der Waals surface area contributed by atoms with Crippen molar-refractivity contribution in [3.63, 3.8) is 0 Å². The van der Waals surface area contributed by atoms with Crippen LogP contribution in [0.5, 0.6) is 5.75 Å². The molecule has 0 radical (unpaired) electrons. The maximum atomic E-state index is 12.2. The Kier molecular flexibility index (Phi) is 9.66. The molecule has 1 aliphatic heterocycles. The van der Waals surface area contributed by atoms with E-state index >= 15 is 0 Å². The van der Waals surface area contributed by atoms with E-state index in [1.807, 2.05) is 30.3 Å². The van der Waals surface area contributed by atoms with Crippen LogP contribution in [0.15, 0.2) is 65.7 Å². The Bertz CT molecular complexity index is 867. The lowest BCUT2D eigenvalue weighted by Gasteiger charge is -2.29. The Morgan fingerprint density at radius 3 is 2.43 bits per heavy atom. The van der Waals surface area contributed by atoms with E-state index in [0.29, 0.717) is 6.54 Å². The third-order valence-corrected chi connectivity index (χ3v) is 4.92. The van der Waals surface area contributed by atoms with Gasteiger partial charge in [0.1, 0.15) is 5.75 Å². The zero-order valence-electron chi connectivity index (χ0n) is 17.4. The lowest BCUT2D eigenvalue weighted by molar-refractivity contribution is -0.120. The summed E-state index contributed by atoms with van der Waals surface area (Å²) in [6.07, 6.45) is 3.18. The standard InChI is InChI=1S/C23H28N4O2.HI/c1-24-23(27-14-12-20(13-15-27)19-6-4-3-5-7-19)26-17-22(28)25-16-18-8-10-21(29-2)11-9-18;/h3-12H,13-17H2,1-2H3,(H,24,26)(H,25,28);1H. The van der Waals surface area contributed by atoms with Crippen molar-refractivity contribution >= 4 is 41.4 Å². The summed E-state index contributed by atoms with van der Waals surface area (Å²) in [6.45, 7) is 2.32. The quantitative estimate of drug-likeness (QED) is 0.349. The van der Waals surface area contributed by atoms with Crippen molar-refractivity contribution in [3.05, 3.63) is 71.8 Å². The molecular weight excluding hydrogens is 491 g/mol. The third kappa shape index (κ3) is 6.76. The highest BCUT2D eigenvalue weighted by Gasteiger charge is 2.16. The number of nitrogens with one attached hydrogen (secondary N) is 2. The van der Waals surface area contributed by atoms with Gasteiger partial charge in [0.15, 0.2) is 5.96 Å². The van der Waals surface area contributed by atoms with E-state index in [0.717, 1.165) is 36.8 Å². The van der Waals surface area contributed by atoms with Crippen LogP contribution in [0.4, 0.5) is 0 Å². The van der Waals surface area contributed by atoms with Crippen LogP contribution in [-0.2, 0) is 11.3 Å². The number of methoxy groups -OCH3 is 1. The first-order valence-corrected chi connectivity index (χ1v) is 9.79. The minimum atomic E-state index is -0.0699. The van der Waals surface area contributed by atoms with Gasteiger partial charge >= 0.3 is 0 Å². The van der Waals surface area contributed by atoms with E-state index in [1.165, 1.54) is 11.1 Å². The number of halogens is 1. The third-order valence-electron chi connectivity index (χ3n) is 4.92. The van der Waals surface area contributed by atoms with Gasteiger partial charge in [0, 0.05) is 26.7 Å². The average Bonchev–Trinajstić information content (AvgIpc) is 2.79. The van der Waals surface area contributed by atoms with Gasteiger partial charge in [0.2, 0.25) is 5.91 Å². The number of benzene rings is 2. The Morgan fingerprint density at radius 1 is 1.10 bits per heavy atom. The molecule has 0 saturated heterocycles. The first kappa shape index (κ1) is 23.7. The van der Waals surface area contributed by atoms with Crippen LogP contribution in [0.3, 0.4) is 0 Å². The molecular formula is C23H29IN4O2. The van der Waals surface area contributed by atoms with Crippen molar-refractivity contribution in [2.75, 3.05) is 33.8 Å². The molecule has 0 aromatic heterocycles. The van der Waals surface area contributed by atoms with E-state index in [2.05, 4.69) is 50.9 Å². The minimum absolute atomic E-state index is 0. The minimum Gasteiger partial charge on any atom is -0.497 e. The number of amides is 1. The fraction of sp³-hybridized carbons (Fsp3) is 0.304. The smallest absolute Gasteiger partial charge is 0.239 e. The highest BCUT2D eigenvalue weighted by atomic mass is 127. The van der Waals surface area contributed by atoms with Gasteiger partial charge < -0.3 is 20.3 Å². The number of aliphatic imine (C=N–C) groups is 1. The Labute approximate surface area is 195 Å². The number of nitrogens with zero attached hydrogens (tertiary/aromatic N) is 2. The monoisotopic (exact) mass is 520 g/mol. The molecule has 1 aliphatic rings. The summed E-state index contributed by atoms with van der Waals surface area (Å²) >= 11 is 0. The lowest BCUT2D eigenvalue weighted by Crippen LogP contribution is -2.46. The molecule has 1 heterocycles. The number of carbonyl (C=O) groups is 1. The molecule has 30 heavy (non-hydrogen) atoms. The van der Waals surface area contributed by atoms with Crippen LogP contribution in [-0.4, -0.2) is 50.6 Å². The summed E-state index contributed by atoms with van der Waals surface area (Å²) in [6, 6.07) is 18.1. The maximum absolute atomic E-state index is 12.2. The molecule has 0 atom stereocenters. The molecule has 0 bridgehead atoms. The van der Waals surface area contributed by atoms with Gasteiger partial charge in [-0.2, -0.15) is 0 Å². The van der Waals surface area contributed by atoms with Gasteiger partial charge in [-0.05, 0) is 35.3 Å². The molecule has 0 unspecified atom stereocenters. The second-order valence-corrected chi connectivity index (χ2v) is 6.82. The average molecular weight is 520 g/mol. The second-order valence-electron chi connectivity index (χ2n) is 6.82. The SMILES string of the molecule is CN=C(NCC(=O)NCc1ccc(OC)cc1)N1CC=C(c2ccccc2)CC1.I. The summed E-state index contributed by atoms with van der Waals surface area (Å²) in [7, 11) is 3.38. The molecule has 1 amide bonds. The van der Waals surface area contributed by atoms with E-state index in [-0.39, 0.29) is 36.4 Å². The Hall–Kier alpha value is -2.55. The van der Waals surface area contributed by atoms with Crippen molar-refractivity contribution in [3.8, 4) is 5.75 Å². The molecule has 0 spiro atoms. The molecule has 3 rings (SSSR count). The van der Waals surface area contributed by atoms with Crippen molar-refractivity contribution < 1.29 is 9.53 Å². The number of hydrogen-bond acceptors (Lipinski definition) is 3. The molecule has 6 nitrogen and oxygen atoms in total. The van der Waals surface area contributed by atoms with Gasteiger partial charge in [-0.3, -0.25) is 9.79 Å². The predicted octanol–water partition coefficient (Wildman–Crippen LogP) is 3.29. The maximum Gasteiger partial charge on any atom is 0.239 e. The fourth-order valence-electron chi connectivity index (χ4n) is 3.27. The van der Waals surface area contributed by atoms with Crippen LogP contribution in [0, 0.1) is 0 Å². The summed E-state index contributed by atoms with van der Waals surface area (Å²) < 4.78 is 5.14. The van der Waals surface area contributed by atoms with Gasteiger partial charge in [0.25, 0.3) is 0 Å². The number of rotatable bonds is 6. The van der Waals surface area contributed by atoms with Gasteiger partial charge in [-0.15, -0.1) is 24.0 Å². The zero-order chi connectivity index (χ0) is 20.5. The zero-order valence-corrected chi connectivity index (χ0v) is 19.8. The Morgan fingerprint density at radius 2 is 1.83 bits per heavy atom. The molecule has 0 saturated carbocycles. The molecule has 160 valence electrons. The summed E-state index contributed by atoms with van der Waals surface area (Å²) in [5.74, 6) is 1.48. The molecule has 2 N–H and O–H groups in total. The number of guanidine groups is 1. The van der Waals surface area contributed by atoms with Crippen LogP contribution in [0.25, 0.3) is 5.57 Å². The van der Waals surface area contributed by atoms with Crippen LogP contribution < -0.4 is 15.4 Å². The first-order chi connectivity index (χ1) is 14.2. The van der Waals surface area contributed by atoms with E-state index in [1.54, 1.807) is 14.2 Å². The fourth-order valence-corrected chi connectivity index (χ4v) is 3.27. The summed E-state index contributed by atoms with van der Waals surface area (Å²) in [5, 5.41) is 6.08. The van der Waals surface area contributed by atoms with Gasteiger partial charge in [0.05, 0.1) is 13.7 Å².